The lowest BCUT2D eigenvalue weighted by Crippen LogP contribution is -2.39. The van der Waals surface area contributed by atoms with Crippen LogP contribution in [-0.2, 0) is 16.1 Å². The van der Waals surface area contributed by atoms with Crippen LogP contribution in [0, 0.1) is 0 Å². The first kappa shape index (κ1) is 19.1. The van der Waals surface area contributed by atoms with Crippen LogP contribution in [0.5, 0.6) is 0 Å². The number of hydrogen-bond acceptors (Lipinski definition) is 6. The summed E-state index contributed by atoms with van der Waals surface area (Å²) in [5, 5.41) is 9.00. The number of fused-ring (bicyclic) bond motifs is 1. The number of hydrogen-bond donors (Lipinski definition) is 2. The smallest absolute Gasteiger partial charge is 0.359 e. The normalized spacial score (nSPS) is 10.4. The maximum absolute atomic E-state index is 12.5. The summed E-state index contributed by atoms with van der Waals surface area (Å²) < 4.78 is 6.16. The fraction of sp³-hybridized carbons (Fsp3) is 0.353. The Hall–Kier alpha value is -3.23. The summed E-state index contributed by atoms with van der Waals surface area (Å²) in [6, 6.07) is 5.86. The Morgan fingerprint density at radius 1 is 1.19 bits per heavy atom. The van der Waals surface area contributed by atoms with Gasteiger partial charge >= 0.3 is 12.0 Å². The first-order valence-corrected chi connectivity index (χ1v) is 8.16. The third-order valence-electron chi connectivity index (χ3n) is 3.60. The van der Waals surface area contributed by atoms with Crippen molar-refractivity contribution in [2.75, 3.05) is 13.7 Å². The monoisotopic (exact) mass is 360 g/mol. The van der Waals surface area contributed by atoms with Crippen LogP contribution < -0.4 is 16.2 Å². The van der Waals surface area contributed by atoms with Gasteiger partial charge in [-0.15, -0.1) is 0 Å². The van der Waals surface area contributed by atoms with Crippen molar-refractivity contribution in [3.05, 3.63) is 40.3 Å². The zero-order chi connectivity index (χ0) is 19.1. The van der Waals surface area contributed by atoms with Crippen LogP contribution in [-0.4, -0.2) is 41.3 Å². The lowest BCUT2D eigenvalue weighted by Gasteiger charge is -2.10. The number of nitrogens with one attached hydrogen (secondary N) is 2. The largest absolute Gasteiger partial charge is 0.451 e. The van der Waals surface area contributed by atoms with Crippen LogP contribution in [0.25, 0.3) is 10.8 Å². The van der Waals surface area contributed by atoms with E-state index >= 15 is 0 Å². The highest BCUT2D eigenvalue weighted by Gasteiger charge is 2.19. The molecule has 2 rings (SSSR count). The number of unbranched alkanes of at least 4 members (excludes halogenated alkanes) is 1. The van der Waals surface area contributed by atoms with Crippen LogP contribution in [0.2, 0.25) is 0 Å². The molecule has 138 valence electrons. The third-order valence-corrected chi connectivity index (χ3v) is 3.60. The second-order valence-electron chi connectivity index (χ2n) is 5.48. The van der Waals surface area contributed by atoms with Crippen molar-refractivity contribution in [2.24, 2.45) is 0 Å². The lowest BCUT2D eigenvalue weighted by atomic mass is 10.1. The Balaban J connectivity index is 2.28. The number of esters is 1. The molecule has 2 aromatic rings. The predicted molar refractivity (Wildman–Crippen MR) is 93.8 cm³/mol. The van der Waals surface area contributed by atoms with Gasteiger partial charge in [0.1, 0.15) is 0 Å². The number of rotatable bonds is 6. The highest BCUT2D eigenvalue weighted by atomic mass is 16.5. The molecule has 26 heavy (non-hydrogen) atoms. The lowest BCUT2D eigenvalue weighted by molar-refractivity contribution is -0.123. The molecule has 1 aromatic carbocycles. The minimum atomic E-state index is -0.849. The van der Waals surface area contributed by atoms with E-state index < -0.39 is 24.5 Å². The van der Waals surface area contributed by atoms with Crippen molar-refractivity contribution in [1.82, 2.24) is 20.4 Å². The molecule has 0 saturated carbocycles. The van der Waals surface area contributed by atoms with Gasteiger partial charge in [0, 0.05) is 19.0 Å². The molecule has 0 aliphatic heterocycles. The van der Waals surface area contributed by atoms with Crippen molar-refractivity contribution >= 4 is 28.7 Å². The zero-order valence-electron chi connectivity index (χ0n) is 14.6. The number of aryl methyl sites for hydroxylation is 1. The average molecular weight is 360 g/mol. The van der Waals surface area contributed by atoms with Gasteiger partial charge in [-0.25, -0.2) is 14.3 Å². The van der Waals surface area contributed by atoms with Gasteiger partial charge in [-0.05, 0) is 12.5 Å². The van der Waals surface area contributed by atoms with Crippen molar-refractivity contribution in [3.63, 3.8) is 0 Å². The number of aromatic nitrogens is 2. The molecule has 0 fully saturated rings. The van der Waals surface area contributed by atoms with Gasteiger partial charge < -0.3 is 10.1 Å². The number of imide groups is 1. The van der Waals surface area contributed by atoms with E-state index in [4.69, 9.17) is 4.74 Å². The summed E-state index contributed by atoms with van der Waals surface area (Å²) in [5.41, 5.74) is -0.341. The molecule has 9 heteroatoms. The number of nitrogens with zero attached hydrogens (tertiary/aromatic N) is 2. The summed E-state index contributed by atoms with van der Waals surface area (Å²) in [6.45, 7) is 1.71. The highest BCUT2D eigenvalue weighted by Crippen LogP contribution is 2.14. The van der Waals surface area contributed by atoms with E-state index in [1.807, 2.05) is 12.2 Å². The van der Waals surface area contributed by atoms with Gasteiger partial charge in [0.15, 0.2) is 12.3 Å². The number of benzene rings is 1. The minimum Gasteiger partial charge on any atom is -0.451 e. The first-order valence-electron chi connectivity index (χ1n) is 8.16. The molecule has 0 aliphatic rings. The maximum Gasteiger partial charge on any atom is 0.359 e. The summed E-state index contributed by atoms with van der Waals surface area (Å²) in [5.74, 6) is -1.63. The Morgan fingerprint density at radius 2 is 1.88 bits per heavy atom. The molecule has 0 spiro atoms. The Labute approximate surface area is 149 Å². The van der Waals surface area contributed by atoms with E-state index in [0.29, 0.717) is 17.3 Å². The zero-order valence-corrected chi connectivity index (χ0v) is 14.6. The second-order valence-corrected chi connectivity index (χ2v) is 5.48. The fourth-order valence-electron chi connectivity index (χ4n) is 2.27. The standard InChI is InChI=1S/C17H20N4O5/c1-3-4-9-21-15(23)12-8-6-5-7-11(12)14(20-21)16(24)26-10-13(22)19-17(25)18-2/h5-8H,3-4,9-10H2,1-2H3,(H2,18,19,22,25). The topological polar surface area (TPSA) is 119 Å². The van der Waals surface area contributed by atoms with E-state index in [2.05, 4.69) is 10.4 Å². The van der Waals surface area contributed by atoms with Crippen LogP contribution in [0.15, 0.2) is 29.1 Å². The summed E-state index contributed by atoms with van der Waals surface area (Å²) in [6.07, 6.45) is 1.59. The number of carbonyl (C=O) groups excluding carboxylic acids is 3. The molecule has 0 aliphatic carbocycles. The van der Waals surface area contributed by atoms with Crippen molar-refractivity contribution in [3.8, 4) is 0 Å². The Kier molecular flexibility index (Phi) is 6.42. The van der Waals surface area contributed by atoms with Crippen molar-refractivity contribution < 1.29 is 19.1 Å². The summed E-state index contributed by atoms with van der Waals surface area (Å²) in [4.78, 5) is 47.5. The molecule has 0 saturated heterocycles. The van der Waals surface area contributed by atoms with E-state index in [1.54, 1.807) is 24.3 Å². The molecule has 2 N–H and O–H groups in total. The molecule has 0 atom stereocenters. The van der Waals surface area contributed by atoms with Gasteiger partial charge in [0.25, 0.3) is 11.5 Å². The van der Waals surface area contributed by atoms with Gasteiger partial charge in [-0.2, -0.15) is 5.10 Å². The molecular formula is C17H20N4O5. The predicted octanol–water partition coefficient (Wildman–Crippen LogP) is 0.809. The highest BCUT2D eigenvalue weighted by molar-refractivity contribution is 6.03. The van der Waals surface area contributed by atoms with Crippen LogP contribution in [0.3, 0.4) is 0 Å². The van der Waals surface area contributed by atoms with Crippen LogP contribution in [0.4, 0.5) is 4.79 Å². The number of amides is 3. The molecule has 1 heterocycles. The van der Waals surface area contributed by atoms with E-state index in [9.17, 15) is 19.2 Å². The van der Waals surface area contributed by atoms with Gasteiger partial charge in [-0.1, -0.05) is 31.5 Å². The average Bonchev–Trinajstić information content (AvgIpc) is 2.65. The number of ether oxygens (including phenoxy) is 1. The molecule has 3 amide bonds. The quantitative estimate of drug-likeness (QED) is 0.736. The molecular weight excluding hydrogens is 340 g/mol. The molecule has 0 bridgehead atoms. The molecule has 1 aromatic heterocycles. The Morgan fingerprint density at radius 3 is 2.54 bits per heavy atom. The number of urea groups is 1. The molecule has 9 nitrogen and oxygen atoms in total. The van der Waals surface area contributed by atoms with Gasteiger partial charge in [-0.3, -0.25) is 14.9 Å². The first-order chi connectivity index (χ1) is 12.5. The third kappa shape index (κ3) is 4.44. The number of carbonyl (C=O) groups is 3. The van der Waals surface area contributed by atoms with Crippen LogP contribution in [0.1, 0.15) is 30.3 Å². The fourth-order valence-corrected chi connectivity index (χ4v) is 2.27. The van der Waals surface area contributed by atoms with E-state index in [-0.39, 0.29) is 11.3 Å². The second kappa shape index (κ2) is 8.75. The summed E-state index contributed by atoms with van der Waals surface area (Å²) >= 11 is 0. The van der Waals surface area contributed by atoms with Crippen LogP contribution >= 0.6 is 0 Å². The van der Waals surface area contributed by atoms with E-state index in [1.165, 1.54) is 11.7 Å². The van der Waals surface area contributed by atoms with Gasteiger partial charge in [0.05, 0.1) is 5.39 Å². The van der Waals surface area contributed by atoms with E-state index in [0.717, 1.165) is 12.8 Å². The maximum atomic E-state index is 12.5. The van der Waals surface area contributed by atoms with Gasteiger partial charge in [0.2, 0.25) is 0 Å². The SMILES string of the molecule is CCCCn1nc(C(=O)OCC(=O)NC(=O)NC)c2ccccc2c1=O. The van der Waals surface area contributed by atoms with Crippen molar-refractivity contribution in [2.45, 2.75) is 26.3 Å². The van der Waals surface area contributed by atoms with Crippen molar-refractivity contribution in [1.29, 1.82) is 0 Å². The summed E-state index contributed by atoms with van der Waals surface area (Å²) in [7, 11) is 1.35. The molecule has 0 radical (unpaired) electrons. The minimum absolute atomic E-state index is 0.0518. The molecule has 0 unspecified atom stereocenters. The Bertz CT molecular complexity index is 890.